The van der Waals surface area contributed by atoms with Crippen molar-refractivity contribution < 1.29 is 0 Å². The number of nitrogens with zero attached hydrogens (tertiary/aromatic N) is 2. The lowest BCUT2D eigenvalue weighted by atomic mass is 10.5. The molecule has 11 heavy (non-hydrogen) atoms. The van der Waals surface area contributed by atoms with Gasteiger partial charge in [0.25, 0.3) is 5.13 Å². The van der Waals surface area contributed by atoms with Crippen LogP contribution in [-0.4, -0.2) is 11.5 Å². The van der Waals surface area contributed by atoms with E-state index in [2.05, 4.69) is 4.98 Å². The molecule has 1 atom stereocenters. The summed E-state index contributed by atoms with van der Waals surface area (Å²) in [7, 11) is 0. The second kappa shape index (κ2) is 2.41. The van der Waals surface area contributed by atoms with E-state index in [9.17, 15) is 5.21 Å². The van der Waals surface area contributed by atoms with Crippen LogP contribution in [0, 0.1) is 5.21 Å². The van der Waals surface area contributed by atoms with Crippen LogP contribution in [0.1, 0.15) is 6.42 Å². The molecule has 1 aromatic rings. The average Bonchev–Trinajstić information content (AvgIpc) is 2.55. The van der Waals surface area contributed by atoms with Gasteiger partial charge in [-0.1, -0.05) is 11.3 Å². The molecule has 0 aliphatic carbocycles. The Hall–Kier alpha value is -0.710. The van der Waals surface area contributed by atoms with Gasteiger partial charge in [0.1, 0.15) is 0 Å². The molecule has 1 aromatic heterocycles. The summed E-state index contributed by atoms with van der Waals surface area (Å²) in [5.74, 6) is 0. The Balaban J connectivity index is 2.35. The van der Waals surface area contributed by atoms with Crippen molar-refractivity contribution in [2.75, 3.05) is 6.54 Å². The van der Waals surface area contributed by atoms with Crippen LogP contribution in [0.4, 0.5) is 5.13 Å². The van der Waals surface area contributed by atoms with E-state index in [4.69, 9.17) is 0 Å². The summed E-state index contributed by atoms with van der Waals surface area (Å²) in [4.78, 5) is 4.00. The molecule has 0 aromatic carbocycles. The third-order valence-electron chi connectivity index (χ3n) is 1.72. The molecule has 1 aliphatic heterocycles. The van der Waals surface area contributed by atoms with Crippen LogP contribution in [-0.2, 0) is 0 Å². The number of rotatable bonds is 1. The minimum absolute atomic E-state index is 0.363. The molecule has 0 fully saturated rings. The van der Waals surface area contributed by atoms with Gasteiger partial charge in [0.15, 0.2) is 0 Å². The van der Waals surface area contributed by atoms with Gasteiger partial charge >= 0.3 is 0 Å². The molecule has 58 valence electrons. The Morgan fingerprint density at radius 3 is 3.09 bits per heavy atom. The first-order valence-electron chi connectivity index (χ1n) is 3.48. The lowest BCUT2D eigenvalue weighted by Gasteiger charge is -2.31. The molecule has 2 rings (SSSR count). The summed E-state index contributed by atoms with van der Waals surface area (Å²) in [6.07, 6.45) is 6.11. The third-order valence-corrected chi connectivity index (χ3v) is 2.60. The quantitative estimate of drug-likeness (QED) is 0.474. The van der Waals surface area contributed by atoms with E-state index in [0.717, 1.165) is 6.42 Å². The fourth-order valence-electron chi connectivity index (χ4n) is 1.15. The van der Waals surface area contributed by atoms with Crippen LogP contribution in [0.25, 0.3) is 0 Å². The summed E-state index contributed by atoms with van der Waals surface area (Å²) >= 11 is 1.42. The van der Waals surface area contributed by atoms with Crippen molar-refractivity contribution in [2.24, 2.45) is 0 Å². The third kappa shape index (κ3) is 1.09. The molecule has 0 N–H and O–H groups in total. The Morgan fingerprint density at radius 1 is 1.64 bits per heavy atom. The summed E-state index contributed by atoms with van der Waals surface area (Å²) in [6, 6.07) is 0. The van der Waals surface area contributed by atoms with Crippen LogP contribution in [0.3, 0.4) is 0 Å². The molecule has 0 saturated heterocycles. The lowest BCUT2D eigenvalue weighted by molar-refractivity contribution is 0.528. The number of hydroxylamine groups is 2. The zero-order valence-corrected chi connectivity index (χ0v) is 6.75. The van der Waals surface area contributed by atoms with Gasteiger partial charge in [-0.15, -0.1) is 0 Å². The molecule has 1 aliphatic rings. The second-order valence-electron chi connectivity index (χ2n) is 2.51. The highest BCUT2D eigenvalue weighted by atomic mass is 32.1. The van der Waals surface area contributed by atoms with Crippen LogP contribution in [0.15, 0.2) is 23.9 Å². The summed E-state index contributed by atoms with van der Waals surface area (Å²) < 4.78 is -0.363. The molecule has 3 nitrogen and oxygen atoms in total. The number of aromatic nitrogens is 1. The Kier molecular flexibility index (Phi) is 1.52. The van der Waals surface area contributed by atoms with E-state index in [-0.39, 0.29) is 4.65 Å². The van der Waals surface area contributed by atoms with Gasteiger partial charge in [-0.3, -0.25) is 4.65 Å². The number of hydrogen-bond acceptors (Lipinski definition) is 3. The first kappa shape index (κ1) is 6.97. The van der Waals surface area contributed by atoms with Gasteiger partial charge in [0.2, 0.25) is 0 Å². The molecule has 2 heterocycles. The second-order valence-corrected chi connectivity index (χ2v) is 3.38. The van der Waals surface area contributed by atoms with E-state index < -0.39 is 0 Å². The zero-order chi connectivity index (χ0) is 7.73. The van der Waals surface area contributed by atoms with Crippen molar-refractivity contribution in [3.05, 3.63) is 29.1 Å². The fourth-order valence-corrected chi connectivity index (χ4v) is 1.84. The van der Waals surface area contributed by atoms with E-state index in [1.54, 1.807) is 12.4 Å². The predicted octanol–water partition coefficient (Wildman–Crippen LogP) is 1.87. The molecule has 4 heteroatoms. The standard InChI is InChI=1S/C7H8N2OS/c10-9(4-1-2-5-9)7-8-3-6-11-7/h1,3-4,6H,2,5H2. The van der Waals surface area contributed by atoms with Gasteiger partial charge in [-0.05, 0) is 6.08 Å². The fraction of sp³-hybridized carbons (Fsp3) is 0.286. The molecule has 0 saturated carbocycles. The van der Waals surface area contributed by atoms with Gasteiger partial charge in [-0.25, -0.2) is 0 Å². The molecule has 0 amide bonds. The molecular formula is C7H8N2OS. The maximum atomic E-state index is 11.8. The Labute approximate surface area is 68.8 Å². The van der Waals surface area contributed by atoms with Gasteiger partial charge < -0.3 is 5.21 Å². The average molecular weight is 168 g/mol. The highest BCUT2D eigenvalue weighted by Crippen LogP contribution is 2.28. The minimum Gasteiger partial charge on any atom is -0.621 e. The normalized spacial score (nSPS) is 29.5. The largest absolute Gasteiger partial charge is 0.621 e. The summed E-state index contributed by atoms with van der Waals surface area (Å²) in [6.45, 7) is 0.605. The Morgan fingerprint density at radius 2 is 2.55 bits per heavy atom. The molecule has 0 bridgehead atoms. The van der Waals surface area contributed by atoms with Gasteiger partial charge in [-0.2, -0.15) is 4.98 Å². The van der Waals surface area contributed by atoms with E-state index >= 15 is 0 Å². The maximum Gasteiger partial charge on any atom is 0.290 e. The van der Waals surface area contributed by atoms with Crippen molar-refractivity contribution in [1.29, 1.82) is 0 Å². The van der Waals surface area contributed by atoms with Crippen LogP contribution < -0.4 is 4.65 Å². The van der Waals surface area contributed by atoms with Crippen molar-refractivity contribution in [3.8, 4) is 0 Å². The van der Waals surface area contributed by atoms with Crippen molar-refractivity contribution >= 4 is 16.5 Å². The first-order valence-corrected chi connectivity index (χ1v) is 4.36. The molecule has 1 unspecified atom stereocenters. The van der Waals surface area contributed by atoms with Gasteiger partial charge in [0, 0.05) is 18.0 Å². The van der Waals surface area contributed by atoms with Crippen LogP contribution >= 0.6 is 11.3 Å². The first-order chi connectivity index (χ1) is 5.31. The topological polar surface area (TPSA) is 36.0 Å². The number of thiazole rings is 1. The van der Waals surface area contributed by atoms with E-state index in [1.165, 1.54) is 11.3 Å². The van der Waals surface area contributed by atoms with E-state index in [1.807, 2.05) is 11.5 Å². The van der Waals surface area contributed by atoms with Crippen molar-refractivity contribution in [3.63, 3.8) is 0 Å². The molecule has 0 radical (unpaired) electrons. The smallest absolute Gasteiger partial charge is 0.290 e. The van der Waals surface area contributed by atoms with Crippen molar-refractivity contribution in [1.82, 2.24) is 9.63 Å². The highest BCUT2D eigenvalue weighted by molar-refractivity contribution is 7.13. The maximum absolute atomic E-state index is 11.8. The minimum atomic E-state index is -0.363. The van der Waals surface area contributed by atoms with Crippen molar-refractivity contribution in [2.45, 2.75) is 6.42 Å². The zero-order valence-electron chi connectivity index (χ0n) is 5.93. The highest BCUT2D eigenvalue weighted by Gasteiger charge is 2.23. The summed E-state index contributed by atoms with van der Waals surface area (Å²) in [5.41, 5.74) is 0. The molecule has 0 spiro atoms. The Bertz CT molecular complexity index is 270. The lowest BCUT2D eigenvalue weighted by Crippen LogP contribution is -2.34. The number of quaternary nitrogens is 1. The number of hydrogen-bond donors (Lipinski definition) is 0. The summed E-state index contributed by atoms with van der Waals surface area (Å²) in [5, 5.41) is 14.2. The van der Waals surface area contributed by atoms with E-state index in [0.29, 0.717) is 11.7 Å². The molecular weight excluding hydrogens is 160 g/mol. The predicted molar refractivity (Wildman–Crippen MR) is 45.9 cm³/mol. The monoisotopic (exact) mass is 168 g/mol. The van der Waals surface area contributed by atoms with Gasteiger partial charge in [0.05, 0.1) is 12.7 Å². The van der Waals surface area contributed by atoms with Crippen LogP contribution in [0.5, 0.6) is 0 Å². The van der Waals surface area contributed by atoms with Crippen LogP contribution in [0.2, 0.25) is 0 Å². The SMILES string of the molecule is [O-][N+]1(c2nccs2)C=CCC1.